The second kappa shape index (κ2) is 6.43. The predicted molar refractivity (Wildman–Crippen MR) is 79.2 cm³/mol. The zero-order valence-electron chi connectivity index (χ0n) is 11.1. The highest BCUT2D eigenvalue weighted by Crippen LogP contribution is 2.13. The van der Waals surface area contributed by atoms with Gasteiger partial charge in [0.2, 0.25) is 5.91 Å². The van der Waals surface area contributed by atoms with Crippen LogP contribution < -0.4 is 5.32 Å². The fourth-order valence-electron chi connectivity index (χ4n) is 1.61. The van der Waals surface area contributed by atoms with Crippen molar-refractivity contribution in [1.82, 2.24) is 9.78 Å². The van der Waals surface area contributed by atoms with Crippen molar-refractivity contribution in [2.75, 3.05) is 11.1 Å². The molecule has 4 nitrogen and oxygen atoms in total. The molecule has 0 aliphatic heterocycles. The van der Waals surface area contributed by atoms with Crippen molar-refractivity contribution in [3.63, 3.8) is 0 Å². The van der Waals surface area contributed by atoms with Gasteiger partial charge in [0.25, 0.3) is 0 Å². The summed E-state index contributed by atoms with van der Waals surface area (Å²) >= 11 is 1.60. The number of aromatic nitrogens is 2. The van der Waals surface area contributed by atoms with Gasteiger partial charge in [-0.1, -0.05) is 29.8 Å². The molecule has 100 valence electrons. The fourth-order valence-corrected chi connectivity index (χ4v) is 2.39. The summed E-state index contributed by atoms with van der Waals surface area (Å²) in [4.78, 5) is 11.7. The number of hydrogen-bond acceptors (Lipinski definition) is 3. The standard InChI is InChI=1S/C14H17N3OS/c1-11-3-5-12(6-4-11)9-19-10-14(18)15-13-7-8-17(2)16-13/h3-8H,9-10H2,1-2H3,(H,15,16,18). The lowest BCUT2D eigenvalue weighted by molar-refractivity contribution is -0.113. The Balaban J connectivity index is 1.73. The van der Waals surface area contributed by atoms with E-state index in [1.807, 2.05) is 7.05 Å². The highest BCUT2D eigenvalue weighted by atomic mass is 32.2. The number of anilines is 1. The minimum atomic E-state index is -0.0178. The first-order valence-corrected chi connectivity index (χ1v) is 7.22. The Labute approximate surface area is 117 Å². The van der Waals surface area contributed by atoms with Crippen LogP contribution in [0.3, 0.4) is 0 Å². The van der Waals surface area contributed by atoms with Crippen molar-refractivity contribution in [1.29, 1.82) is 0 Å². The van der Waals surface area contributed by atoms with Crippen LogP contribution in [0.1, 0.15) is 11.1 Å². The quantitative estimate of drug-likeness (QED) is 0.912. The van der Waals surface area contributed by atoms with E-state index in [2.05, 4.69) is 41.6 Å². The van der Waals surface area contributed by atoms with E-state index < -0.39 is 0 Å². The molecule has 5 heteroatoms. The van der Waals surface area contributed by atoms with Crippen molar-refractivity contribution in [2.45, 2.75) is 12.7 Å². The molecule has 1 aromatic carbocycles. The van der Waals surface area contributed by atoms with Crippen LogP contribution >= 0.6 is 11.8 Å². The lowest BCUT2D eigenvalue weighted by Gasteiger charge is -2.03. The Bertz CT molecular complexity index is 548. The first-order chi connectivity index (χ1) is 9.13. The Hall–Kier alpha value is -1.75. The first-order valence-electron chi connectivity index (χ1n) is 6.06. The second-order valence-electron chi connectivity index (χ2n) is 4.40. The Morgan fingerprint density at radius 1 is 1.32 bits per heavy atom. The molecule has 0 radical (unpaired) electrons. The summed E-state index contributed by atoms with van der Waals surface area (Å²) in [6, 6.07) is 10.1. The van der Waals surface area contributed by atoms with Crippen molar-refractivity contribution >= 4 is 23.5 Å². The molecule has 2 aromatic rings. The summed E-state index contributed by atoms with van der Waals surface area (Å²) < 4.78 is 1.66. The smallest absolute Gasteiger partial charge is 0.235 e. The highest BCUT2D eigenvalue weighted by molar-refractivity contribution is 7.99. The van der Waals surface area contributed by atoms with Gasteiger partial charge in [0, 0.05) is 25.1 Å². The molecular weight excluding hydrogens is 258 g/mol. The molecule has 0 unspecified atom stereocenters. The van der Waals surface area contributed by atoms with Gasteiger partial charge >= 0.3 is 0 Å². The molecule has 0 atom stereocenters. The lowest BCUT2D eigenvalue weighted by atomic mass is 10.2. The van der Waals surface area contributed by atoms with Crippen LogP contribution in [0.2, 0.25) is 0 Å². The lowest BCUT2D eigenvalue weighted by Crippen LogP contribution is -2.14. The van der Waals surface area contributed by atoms with Crippen LogP contribution in [-0.2, 0) is 17.6 Å². The van der Waals surface area contributed by atoms with E-state index in [9.17, 15) is 4.79 Å². The maximum Gasteiger partial charge on any atom is 0.235 e. The third-order valence-corrected chi connectivity index (χ3v) is 3.61. The molecule has 0 spiro atoms. The highest BCUT2D eigenvalue weighted by Gasteiger charge is 2.04. The average molecular weight is 275 g/mol. The molecule has 1 N–H and O–H groups in total. The number of thioether (sulfide) groups is 1. The molecule has 0 aliphatic rings. The molecule has 1 aromatic heterocycles. The second-order valence-corrected chi connectivity index (χ2v) is 5.39. The van der Waals surface area contributed by atoms with Crippen molar-refractivity contribution < 1.29 is 4.79 Å². The van der Waals surface area contributed by atoms with Crippen molar-refractivity contribution in [3.05, 3.63) is 47.7 Å². The molecule has 2 rings (SSSR count). The predicted octanol–water partition coefficient (Wildman–Crippen LogP) is 2.60. The van der Waals surface area contributed by atoms with Crippen LogP contribution in [0.4, 0.5) is 5.82 Å². The van der Waals surface area contributed by atoms with E-state index in [-0.39, 0.29) is 5.91 Å². The van der Waals surface area contributed by atoms with E-state index in [0.29, 0.717) is 11.6 Å². The van der Waals surface area contributed by atoms with Gasteiger partial charge in [-0.05, 0) is 12.5 Å². The number of benzene rings is 1. The maximum atomic E-state index is 11.7. The third-order valence-electron chi connectivity index (χ3n) is 2.60. The van der Waals surface area contributed by atoms with Crippen LogP contribution in [0, 0.1) is 6.92 Å². The molecule has 0 aliphatic carbocycles. The molecule has 1 heterocycles. The molecule has 19 heavy (non-hydrogen) atoms. The number of nitrogens with zero attached hydrogens (tertiary/aromatic N) is 2. The normalized spacial score (nSPS) is 10.4. The Morgan fingerprint density at radius 2 is 2.05 bits per heavy atom. The van der Waals surface area contributed by atoms with Gasteiger partial charge in [0.15, 0.2) is 5.82 Å². The van der Waals surface area contributed by atoms with Crippen LogP contribution in [0.15, 0.2) is 36.5 Å². The Kier molecular flexibility index (Phi) is 4.63. The first kappa shape index (κ1) is 13.7. The van der Waals surface area contributed by atoms with Crippen LogP contribution in [0.25, 0.3) is 0 Å². The van der Waals surface area contributed by atoms with Gasteiger partial charge in [-0.3, -0.25) is 9.48 Å². The van der Waals surface area contributed by atoms with Gasteiger partial charge < -0.3 is 5.32 Å². The SMILES string of the molecule is Cc1ccc(CSCC(=O)Nc2ccn(C)n2)cc1. The molecule has 0 saturated carbocycles. The van der Waals surface area contributed by atoms with Crippen LogP contribution in [0.5, 0.6) is 0 Å². The molecular formula is C14H17N3OS. The average Bonchev–Trinajstić information content (AvgIpc) is 2.77. The minimum Gasteiger partial charge on any atom is -0.308 e. The molecule has 0 bridgehead atoms. The number of hydrogen-bond donors (Lipinski definition) is 1. The summed E-state index contributed by atoms with van der Waals surface area (Å²) in [5.74, 6) is 1.86. The summed E-state index contributed by atoms with van der Waals surface area (Å²) in [5, 5.41) is 6.87. The van der Waals surface area contributed by atoms with Gasteiger partial charge in [-0.2, -0.15) is 5.10 Å². The number of carbonyl (C=O) groups excluding carboxylic acids is 1. The monoisotopic (exact) mass is 275 g/mol. The summed E-state index contributed by atoms with van der Waals surface area (Å²) in [7, 11) is 1.82. The maximum absolute atomic E-state index is 11.7. The summed E-state index contributed by atoms with van der Waals surface area (Å²) in [5.41, 5.74) is 2.49. The van der Waals surface area contributed by atoms with Gasteiger partial charge in [0.05, 0.1) is 5.75 Å². The topological polar surface area (TPSA) is 46.9 Å². The number of amides is 1. The summed E-state index contributed by atoms with van der Waals surface area (Å²) in [6.45, 7) is 2.07. The van der Waals surface area contributed by atoms with Gasteiger partial charge in [0.1, 0.15) is 0 Å². The summed E-state index contributed by atoms with van der Waals surface area (Å²) in [6.07, 6.45) is 1.80. The van der Waals surface area contributed by atoms with Crippen molar-refractivity contribution in [3.8, 4) is 0 Å². The minimum absolute atomic E-state index is 0.0178. The van der Waals surface area contributed by atoms with E-state index in [1.165, 1.54) is 11.1 Å². The van der Waals surface area contributed by atoms with E-state index in [0.717, 1.165) is 5.75 Å². The van der Waals surface area contributed by atoms with E-state index in [1.54, 1.807) is 28.7 Å². The number of rotatable bonds is 5. The molecule has 0 saturated heterocycles. The van der Waals surface area contributed by atoms with E-state index in [4.69, 9.17) is 0 Å². The van der Waals surface area contributed by atoms with Gasteiger partial charge in [-0.25, -0.2) is 0 Å². The fraction of sp³-hybridized carbons (Fsp3) is 0.286. The largest absolute Gasteiger partial charge is 0.308 e. The zero-order chi connectivity index (χ0) is 13.7. The van der Waals surface area contributed by atoms with Gasteiger partial charge in [-0.15, -0.1) is 11.8 Å². The zero-order valence-corrected chi connectivity index (χ0v) is 11.9. The number of nitrogens with one attached hydrogen (secondary N) is 1. The number of carbonyl (C=O) groups is 1. The van der Waals surface area contributed by atoms with Crippen molar-refractivity contribution in [2.24, 2.45) is 7.05 Å². The van der Waals surface area contributed by atoms with E-state index >= 15 is 0 Å². The molecule has 1 amide bonds. The molecule has 0 fully saturated rings. The number of aryl methyl sites for hydroxylation is 2. The van der Waals surface area contributed by atoms with Crippen LogP contribution in [-0.4, -0.2) is 21.4 Å². The third kappa shape index (κ3) is 4.44. The Morgan fingerprint density at radius 3 is 2.68 bits per heavy atom.